The monoisotopic (exact) mass is 320 g/mol. The van der Waals surface area contributed by atoms with E-state index in [9.17, 15) is 18.4 Å². The molecule has 0 unspecified atom stereocenters. The topological polar surface area (TPSA) is 79.3 Å². The zero-order valence-electron chi connectivity index (χ0n) is 12.4. The molecule has 0 atom stereocenters. The van der Waals surface area contributed by atoms with Gasteiger partial charge in [0.2, 0.25) is 0 Å². The Morgan fingerprint density at radius 1 is 1.13 bits per heavy atom. The normalized spacial score (nSPS) is 10.7. The molecule has 1 aromatic carbocycles. The van der Waals surface area contributed by atoms with Crippen LogP contribution in [0.1, 0.15) is 34.7 Å². The fourth-order valence-electron chi connectivity index (χ4n) is 1.95. The molecule has 0 aliphatic rings. The van der Waals surface area contributed by atoms with Crippen LogP contribution in [0, 0.1) is 11.6 Å². The number of carboxylic acids is 1. The number of halogens is 2. The summed E-state index contributed by atoms with van der Waals surface area (Å²) in [6.07, 6.45) is 0. The number of aromatic nitrogens is 1. The van der Waals surface area contributed by atoms with E-state index in [2.05, 4.69) is 10.3 Å². The third-order valence-electron chi connectivity index (χ3n) is 2.97. The summed E-state index contributed by atoms with van der Waals surface area (Å²) in [7, 11) is 0. The number of carboxylic acid groups (broad SMARTS) is 1. The molecule has 1 amide bonds. The van der Waals surface area contributed by atoms with E-state index in [-0.39, 0.29) is 22.9 Å². The van der Waals surface area contributed by atoms with E-state index in [0.29, 0.717) is 0 Å². The van der Waals surface area contributed by atoms with Gasteiger partial charge in [-0.3, -0.25) is 4.79 Å². The lowest BCUT2D eigenvalue weighted by Crippen LogP contribution is -2.30. The van der Waals surface area contributed by atoms with Crippen molar-refractivity contribution in [2.75, 3.05) is 0 Å². The molecular formula is C16H14F2N2O3. The quantitative estimate of drug-likeness (QED) is 0.908. The van der Waals surface area contributed by atoms with E-state index in [1.807, 2.05) is 0 Å². The van der Waals surface area contributed by atoms with Crippen LogP contribution in [0.25, 0.3) is 11.3 Å². The number of pyridine rings is 1. The second-order valence-corrected chi connectivity index (χ2v) is 5.15. The third kappa shape index (κ3) is 3.68. The molecule has 0 saturated carbocycles. The lowest BCUT2D eigenvalue weighted by molar-refractivity contribution is 0.0684. The molecule has 2 aromatic rings. The Morgan fingerprint density at radius 2 is 1.78 bits per heavy atom. The van der Waals surface area contributed by atoms with Crippen LogP contribution < -0.4 is 5.32 Å². The van der Waals surface area contributed by atoms with Gasteiger partial charge in [0.05, 0.1) is 5.69 Å². The first kappa shape index (κ1) is 16.5. The molecule has 2 N–H and O–H groups in total. The van der Waals surface area contributed by atoms with Crippen molar-refractivity contribution < 1.29 is 23.5 Å². The maximum atomic E-state index is 14.0. The summed E-state index contributed by atoms with van der Waals surface area (Å²) in [6, 6.07) is 5.59. The van der Waals surface area contributed by atoms with Crippen LogP contribution >= 0.6 is 0 Å². The molecule has 5 nitrogen and oxygen atoms in total. The Balaban J connectivity index is 2.49. The Labute approximate surface area is 131 Å². The highest BCUT2D eigenvalue weighted by Gasteiger charge is 2.17. The molecule has 7 heteroatoms. The molecule has 0 aliphatic heterocycles. The van der Waals surface area contributed by atoms with E-state index in [0.717, 1.165) is 18.2 Å². The number of hydrogen-bond donors (Lipinski definition) is 2. The standard InChI is InChI=1S/C16H14F2N2O3/c1-8(2)19-15(21)9-3-4-11(17)10(7-9)13-6-5-12(18)14(20-13)16(22)23/h3-8H,1-2H3,(H,19,21)(H,22,23). The van der Waals surface area contributed by atoms with Gasteiger partial charge in [0.1, 0.15) is 5.82 Å². The molecule has 0 bridgehead atoms. The van der Waals surface area contributed by atoms with Crippen LogP contribution in [0.3, 0.4) is 0 Å². The molecule has 2 rings (SSSR count). The Hall–Kier alpha value is -2.83. The fourth-order valence-corrected chi connectivity index (χ4v) is 1.95. The maximum Gasteiger partial charge on any atom is 0.357 e. The minimum Gasteiger partial charge on any atom is -0.476 e. The van der Waals surface area contributed by atoms with Crippen molar-refractivity contribution in [3.63, 3.8) is 0 Å². The highest BCUT2D eigenvalue weighted by atomic mass is 19.1. The number of benzene rings is 1. The maximum absolute atomic E-state index is 14.0. The van der Waals surface area contributed by atoms with Crippen molar-refractivity contribution in [1.82, 2.24) is 10.3 Å². The summed E-state index contributed by atoms with van der Waals surface area (Å²) in [5.41, 5.74) is -0.763. The molecule has 0 radical (unpaired) electrons. The van der Waals surface area contributed by atoms with Crippen molar-refractivity contribution in [3.05, 3.63) is 53.2 Å². The third-order valence-corrected chi connectivity index (χ3v) is 2.97. The summed E-state index contributed by atoms with van der Waals surface area (Å²) in [5.74, 6) is -3.67. The second kappa shape index (κ2) is 6.51. The Bertz CT molecular complexity index is 776. The van der Waals surface area contributed by atoms with Gasteiger partial charge in [-0.05, 0) is 44.2 Å². The van der Waals surface area contributed by atoms with E-state index in [4.69, 9.17) is 5.11 Å². The Morgan fingerprint density at radius 3 is 2.39 bits per heavy atom. The number of amides is 1. The molecular weight excluding hydrogens is 306 g/mol. The number of carbonyl (C=O) groups is 2. The number of nitrogens with zero attached hydrogens (tertiary/aromatic N) is 1. The van der Waals surface area contributed by atoms with E-state index < -0.39 is 29.2 Å². The molecule has 0 aliphatic carbocycles. The fraction of sp³-hybridized carbons (Fsp3) is 0.188. The summed E-state index contributed by atoms with van der Waals surface area (Å²) < 4.78 is 27.4. The van der Waals surface area contributed by atoms with Gasteiger partial charge in [0.15, 0.2) is 11.5 Å². The smallest absolute Gasteiger partial charge is 0.357 e. The predicted molar refractivity (Wildman–Crippen MR) is 79.2 cm³/mol. The van der Waals surface area contributed by atoms with Gasteiger partial charge >= 0.3 is 5.97 Å². The first-order valence-corrected chi connectivity index (χ1v) is 6.80. The predicted octanol–water partition coefficient (Wildman–Crippen LogP) is 2.86. The van der Waals surface area contributed by atoms with Gasteiger partial charge in [0, 0.05) is 17.2 Å². The van der Waals surface area contributed by atoms with E-state index in [1.54, 1.807) is 13.8 Å². The van der Waals surface area contributed by atoms with Crippen LogP contribution in [0.15, 0.2) is 30.3 Å². The van der Waals surface area contributed by atoms with Gasteiger partial charge in [0.25, 0.3) is 5.91 Å². The van der Waals surface area contributed by atoms with Crippen LogP contribution in [-0.4, -0.2) is 28.0 Å². The van der Waals surface area contributed by atoms with Gasteiger partial charge in [-0.25, -0.2) is 18.6 Å². The number of rotatable bonds is 4. The van der Waals surface area contributed by atoms with E-state index >= 15 is 0 Å². The van der Waals surface area contributed by atoms with E-state index in [1.165, 1.54) is 12.1 Å². The number of nitrogens with one attached hydrogen (secondary N) is 1. The first-order valence-electron chi connectivity index (χ1n) is 6.80. The summed E-state index contributed by atoms with van der Waals surface area (Å²) >= 11 is 0. The largest absolute Gasteiger partial charge is 0.476 e. The van der Waals surface area contributed by atoms with Crippen molar-refractivity contribution in [2.45, 2.75) is 19.9 Å². The summed E-state index contributed by atoms with van der Waals surface area (Å²) in [5, 5.41) is 11.5. The van der Waals surface area contributed by atoms with Crippen molar-refractivity contribution in [1.29, 1.82) is 0 Å². The first-order chi connectivity index (χ1) is 10.8. The highest BCUT2D eigenvalue weighted by molar-refractivity contribution is 5.95. The molecule has 120 valence electrons. The molecule has 1 heterocycles. The molecule has 1 aromatic heterocycles. The summed E-state index contributed by atoms with van der Waals surface area (Å²) in [4.78, 5) is 26.5. The van der Waals surface area contributed by atoms with Crippen molar-refractivity contribution in [3.8, 4) is 11.3 Å². The van der Waals surface area contributed by atoms with Crippen LogP contribution in [0.2, 0.25) is 0 Å². The molecule has 0 saturated heterocycles. The van der Waals surface area contributed by atoms with Gasteiger partial charge in [-0.2, -0.15) is 0 Å². The minimum atomic E-state index is -1.56. The number of carbonyl (C=O) groups excluding carboxylic acids is 1. The van der Waals surface area contributed by atoms with Crippen molar-refractivity contribution in [2.24, 2.45) is 0 Å². The van der Waals surface area contributed by atoms with Gasteiger partial charge in [-0.1, -0.05) is 0 Å². The SMILES string of the molecule is CC(C)NC(=O)c1ccc(F)c(-c2ccc(F)c(C(=O)O)n2)c1. The lowest BCUT2D eigenvalue weighted by Gasteiger charge is -2.10. The average Bonchev–Trinajstić information content (AvgIpc) is 2.47. The van der Waals surface area contributed by atoms with Crippen LogP contribution in [0.5, 0.6) is 0 Å². The Kier molecular flexibility index (Phi) is 4.68. The lowest BCUT2D eigenvalue weighted by atomic mass is 10.1. The summed E-state index contributed by atoms with van der Waals surface area (Å²) in [6.45, 7) is 3.56. The van der Waals surface area contributed by atoms with Crippen LogP contribution in [0.4, 0.5) is 8.78 Å². The highest BCUT2D eigenvalue weighted by Crippen LogP contribution is 2.23. The number of hydrogen-bond acceptors (Lipinski definition) is 3. The number of aromatic carboxylic acids is 1. The molecule has 0 spiro atoms. The molecule has 0 fully saturated rings. The van der Waals surface area contributed by atoms with Gasteiger partial charge in [-0.15, -0.1) is 0 Å². The van der Waals surface area contributed by atoms with Gasteiger partial charge < -0.3 is 10.4 Å². The molecule has 23 heavy (non-hydrogen) atoms. The van der Waals surface area contributed by atoms with Crippen LogP contribution in [-0.2, 0) is 0 Å². The minimum absolute atomic E-state index is 0.0690. The zero-order valence-corrected chi connectivity index (χ0v) is 12.4. The second-order valence-electron chi connectivity index (χ2n) is 5.15. The zero-order chi connectivity index (χ0) is 17.1. The van der Waals surface area contributed by atoms with Crippen molar-refractivity contribution >= 4 is 11.9 Å². The average molecular weight is 320 g/mol.